The number of likely N-dealkylation sites (N-methyl/N-ethyl adjacent to an activating group) is 1. The van der Waals surface area contributed by atoms with Crippen molar-refractivity contribution >= 4 is 15.9 Å². The van der Waals surface area contributed by atoms with Crippen LogP contribution in [0, 0.1) is 5.82 Å². The highest BCUT2D eigenvalue weighted by Gasteiger charge is 2.16. The molecule has 0 fully saturated rings. The van der Waals surface area contributed by atoms with Crippen LogP contribution in [-0.4, -0.2) is 46.0 Å². The summed E-state index contributed by atoms with van der Waals surface area (Å²) < 4.78 is 45.2. The topological polar surface area (TPSA) is 75.7 Å². The van der Waals surface area contributed by atoms with Crippen LogP contribution < -0.4 is 9.46 Å². The summed E-state index contributed by atoms with van der Waals surface area (Å²) in [5.41, 5.74) is 0.339. The van der Waals surface area contributed by atoms with E-state index in [0.29, 0.717) is 5.56 Å². The van der Waals surface area contributed by atoms with Gasteiger partial charge in [0.15, 0.2) is 11.6 Å². The van der Waals surface area contributed by atoms with Crippen LogP contribution >= 0.6 is 0 Å². The van der Waals surface area contributed by atoms with E-state index in [-0.39, 0.29) is 36.2 Å². The van der Waals surface area contributed by atoms with E-state index in [9.17, 15) is 17.6 Å². The van der Waals surface area contributed by atoms with Gasteiger partial charge in [0.1, 0.15) is 6.61 Å². The second-order valence-corrected chi connectivity index (χ2v) is 7.44. The number of para-hydroxylation sites is 1. The molecule has 144 valence electrons. The van der Waals surface area contributed by atoms with Gasteiger partial charge in [0.2, 0.25) is 10.0 Å². The fourth-order valence-electron chi connectivity index (χ4n) is 2.20. The van der Waals surface area contributed by atoms with Crippen molar-refractivity contribution in [3.63, 3.8) is 0 Å². The van der Waals surface area contributed by atoms with Gasteiger partial charge in [-0.25, -0.2) is 17.5 Å². The molecular formula is C19H21FN2O4S. The summed E-state index contributed by atoms with van der Waals surface area (Å²) in [6, 6.07) is 11.6. The molecule has 2 rings (SSSR count). The summed E-state index contributed by atoms with van der Waals surface area (Å²) in [6.07, 6.45) is 1.44. The summed E-state index contributed by atoms with van der Waals surface area (Å²) >= 11 is 0. The number of rotatable bonds is 9. The number of ether oxygens (including phenoxy) is 1. The van der Waals surface area contributed by atoms with E-state index in [1.165, 1.54) is 47.4 Å². The van der Waals surface area contributed by atoms with E-state index in [0.717, 1.165) is 0 Å². The van der Waals surface area contributed by atoms with Crippen molar-refractivity contribution in [1.82, 2.24) is 9.62 Å². The molecule has 0 unspecified atom stereocenters. The SMILES string of the molecule is C=CCNS(=O)(=O)c1ccc(C(=O)N(C)CCOc2ccccc2F)cc1. The van der Waals surface area contributed by atoms with E-state index < -0.39 is 15.8 Å². The van der Waals surface area contributed by atoms with Crippen LogP contribution in [0.4, 0.5) is 4.39 Å². The van der Waals surface area contributed by atoms with E-state index in [2.05, 4.69) is 11.3 Å². The molecule has 0 bridgehead atoms. The smallest absolute Gasteiger partial charge is 0.253 e. The van der Waals surface area contributed by atoms with Gasteiger partial charge in [-0.05, 0) is 36.4 Å². The highest BCUT2D eigenvalue weighted by atomic mass is 32.2. The Morgan fingerprint density at radius 2 is 1.89 bits per heavy atom. The second-order valence-electron chi connectivity index (χ2n) is 5.67. The minimum atomic E-state index is -3.64. The molecule has 0 saturated carbocycles. The molecule has 6 nitrogen and oxygen atoms in total. The van der Waals surface area contributed by atoms with Crippen LogP contribution in [0.15, 0.2) is 66.1 Å². The first-order valence-corrected chi connectivity index (χ1v) is 9.67. The molecule has 0 atom stereocenters. The molecule has 0 aliphatic rings. The molecule has 0 saturated heterocycles. The Kier molecular flexibility index (Phi) is 7.09. The normalized spacial score (nSPS) is 11.0. The highest BCUT2D eigenvalue weighted by molar-refractivity contribution is 7.89. The zero-order chi connectivity index (χ0) is 19.9. The first kappa shape index (κ1) is 20.6. The fraction of sp³-hybridized carbons (Fsp3) is 0.211. The number of sulfonamides is 1. The average Bonchev–Trinajstić information content (AvgIpc) is 2.67. The van der Waals surface area contributed by atoms with E-state index in [4.69, 9.17) is 4.74 Å². The van der Waals surface area contributed by atoms with Gasteiger partial charge in [-0.2, -0.15) is 0 Å². The Hall–Kier alpha value is -2.71. The lowest BCUT2D eigenvalue weighted by Crippen LogP contribution is -2.31. The van der Waals surface area contributed by atoms with Crippen molar-refractivity contribution in [1.29, 1.82) is 0 Å². The number of carbonyl (C=O) groups excluding carboxylic acids is 1. The third-order valence-electron chi connectivity index (χ3n) is 3.70. The first-order chi connectivity index (χ1) is 12.8. The third kappa shape index (κ3) is 5.63. The summed E-state index contributed by atoms with van der Waals surface area (Å²) in [5, 5.41) is 0. The van der Waals surface area contributed by atoms with Crippen LogP contribution in [0.25, 0.3) is 0 Å². The van der Waals surface area contributed by atoms with E-state index in [1.807, 2.05) is 0 Å². The van der Waals surface area contributed by atoms with Gasteiger partial charge in [-0.15, -0.1) is 6.58 Å². The lowest BCUT2D eigenvalue weighted by molar-refractivity contribution is 0.0773. The Labute approximate surface area is 158 Å². The summed E-state index contributed by atoms with van der Waals surface area (Å²) in [4.78, 5) is 13.9. The lowest BCUT2D eigenvalue weighted by atomic mass is 10.2. The van der Waals surface area contributed by atoms with Crippen LogP contribution in [0.1, 0.15) is 10.4 Å². The number of nitrogens with zero attached hydrogens (tertiary/aromatic N) is 1. The Balaban J connectivity index is 1.94. The second kappa shape index (κ2) is 9.29. The van der Waals surface area contributed by atoms with Gasteiger partial charge in [0, 0.05) is 19.2 Å². The lowest BCUT2D eigenvalue weighted by Gasteiger charge is -2.18. The number of halogens is 1. The predicted octanol–water partition coefficient (Wildman–Crippen LogP) is 2.44. The molecule has 0 aliphatic heterocycles. The zero-order valence-corrected chi connectivity index (χ0v) is 15.7. The van der Waals surface area contributed by atoms with Crippen LogP contribution in [0.2, 0.25) is 0 Å². The summed E-state index contributed by atoms with van der Waals surface area (Å²) in [5.74, 6) is -0.636. The molecule has 0 radical (unpaired) electrons. The number of carbonyl (C=O) groups is 1. The monoisotopic (exact) mass is 392 g/mol. The standard InChI is InChI=1S/C19H21FN2O4S/c1-3-12-21-27(24,25)16-10-8-15(9-11-16)19(23)22(2)13-14-26-18-7-5-4-6-17(18)20/h3-11,21H,1,12-14H2,2H3. The van der Waals surface area contributed by atoms with Crippen molar-refractivity contribution in [2.75, 3.05) is 26.7 Å². The molecule has 1 N–H and O–H groups in total. The van der Waals surface area contributed by atoms with Crippen molar-refractivity contribution in [3.8, 4) is 5.75 Å². The van der Waals surface area contributed by atoms with Crippen molar-refractivity contribution in [2.45, 2.75) is 4.90 Å². The summed E-state index contributed by atoms with van der Waals surface area (Å²) in [6.45, 7) is 3.94. The van der Waals surface area contributed by atoms with Crippen LogP contribution in [0.5, 0.6) is 5.75 Å². The molecule has 1 amide bonds. The maximum Gasteiger partial charge on any atom is 0.253 e. The molecule has 8 heteroatoms. The van der Waals surface area contributed by atoms with Gasteiger partial charge >= 0.3 is 0 Å². The quantitative estimate of drug-likeness (QED) is 0.665. The van der Waals surface area contributed by atoms with Gasteiger partial charge < -0.3 is 9.64 Å². The van der Waals surface area contributed by atoms with Gasteiger partial charge in [0.05, 0.1) is 11.4 Å². The van der Waals surface area contributed by atoms with E-state index in [1.54, 1.807) is 19.2 Å². The largest absolute Gasteiger partial charge is 0.489 e. The van der Waals surface area contributed by atoms with Crippen LogP contribution in [-0.2, 0) is 10.0 Å². The van der Waals surface area contributed by atoms with Crippen LogP contribution in [0.3, 0.4) is 0 Å². The molecule has 27 heavy (non-hydrogen) atoms. The minimum Gasteiger partial charge on any atom is -0.489 e. The van der Waals surface area contributed by atoms with Crippen molar-refractivity contribution in [3.05, 3.63) is 72.6 Å². The molecule has 0 aromatic heterocycles. The molecular weight excluding hydrogens is 371 g/mol. The molecule has 0 aliphatic carbocycles. The van der Waals surface area contributed by atoms with Crippen molar-refractivity contribution in [2.24, 2.45) is 0 Å². The maximum absolute atomic E-state index is 13.5. The number of benzene rings is 2. The fourth-order valence-corrected chi connectivity index (χ4v) is 3.20. The Morgan fingerprint density at radius 1 is 1.22 bits per heavy atom. The highest BCUT2D eigenvalue weighted by Crippen LogP contribution is 2.15. The Bertz CT molecular complexity index is 898. The van der Waals surface area contributed by atoms with Gasteiger partial charge in [0.25, 0.3) is 5.91 Å². The van der Waals surface area contributed by atoms with E-state index >= 15 is 0 Å². The Morgan fingerprint density at radius 3 is 2.52 bits per heavy atom. The van der Waals surface area contributed by atoms with Gasteiger partial charge in [-0.1, -0.05) is 18.2 Å². The summed E-state index contributed by atoms with van der Waals surface area (Å²) in [7, 11) is -2.05. The first-order valence-electron chi connectivity index (χ1n) is 8.18. The predicted molar refractivity (Wildman–Crippen MR) is 101 cm³/mol. The molecule has 0 spiro atoms. The number of amides is 1. The molecule has 2 aromatic rings. The number of hydrogen-bond donors (Lipinski definition) is 1. The number of hydrogen-bond acceptors (Lipinski definition) is 4. The minimum absolute atomic E-state index is 0.0615. The number of nitrogens with one attached hydrogen (secondary N) is 1. The maximum atomic E-state index is 13.5. The third-order valence-corrected chi connectivity index (χ3v) is 5.14. The molecule has 2 aromatic carbocycles. The average molecular weight is 392 g/mol. The molecule has 0 heterocycles. The van der Waals surface area contributed by atoms with Crippen molar-refractivity contribution < 1.29 is 22.3 Å². The zero-order valence-electron chi connectivity index (χ0n) is 14.9. The van der Waals surface area contributed by atoms with Gasteiger partial charge in [-0.3, -0.25) is 4.79 Å².